The van der Waals surface area contributed by atoms with Crippen LogP contribution in [-0.4, -0.2) is 57.1 Å². The number of nitrogens with zero attached hydrogens (tertiary/aromatic N) is 2. The number of hydrogen-bond acceptors (Lipinski definition) is 5. The molecule has 0 bridgehead atoms. The standard InChI is InChI=1S/C31H66N2O.C8H16.C4H8.C3H8N2/c1-6-8-10-12-14-16-18-19-21-23-25-27-29-33(34-32(4)5)30-31(3)28-26-24-22-20-17-15-13-11-9-7-2;1-3-5-7-8-6-4-2;1-3-4-2;1-2-5-3-4-1/h31H,6-30H2,1-5H3;3H,1,4-8H2,2H3;3H,1,4H2,2H3;4-5H,1-3H2. The van der Waals surface area contributed by atoms with Crippen molar-refractivity contribution < 1.29 is 4.94 Å². The Labute approximate surface area is 323 Å². The summed E-state index contributed by atoms with van der Waals surface area (Å²) >= 11 is 0. The highest BCUT2D eigenvalue weighted by atomic mass is 16.8. The first-order chi connectivity index (χ1) is 24.9. The highest BCUT2D eigenvalue weighted by Crippen LogP contribution is 2.16. The van der Waals surface area contributed by atoms with Crippen LogP contribution in [0, 0.1) is 5.92 Å². The summed E-state index contributed by atoms with van der Waals surface area (Å²) in [4.78, 5) is 5.99. The number of nitrogens with one attached hydrogen (secondary N) is 2. The molecule has 5 nitrogen and oxygen atoms in total. The molecule has 1 saturated heterocycles. The van der Waals surface area contributed by atoms with E-state index in [0.717, 1.165) is 39.3 Å². The number of rotatable bonds is 34. The molecule has 1 aliphatic rings. The zero-order valence-electron chi connectivity index (χ0n) is 36.5. The Morgan fingerprint density at radius 3 is 1.25 bits per heavy atom. The van der Waals surface area contributed by atoms with Gasteiger partial charge in [-0.3, -0.25) is 0 Å². The molecule has 0 aliphatic carbocycles. The maximum atomic E-state index is 5.99. The molecule has 308 valence electrons. The van der Waals surface area contributed by atoms with E-state index in [-0.39, 0.29) is 0 Å². The molecule has 1 rings (SSSR count). The van der Waals surface area contributed by atoms with Crippen molar-refractivity contribution in [3.63, 3.8) is 0 Å². The summed E-state index contributed by atoms with van der Waals surface area (Å²) in [5.74, 6) is 0.714. The number of hydroxylamine groups is 4. The van der Waals surface area contributed by atoms with Crippen LogP contribution >= 0.6 is 0 Å². The van der Waals surface area contributed by atoms with Crippen molar-refractivity contribution in [2.45, 2.75) is 221 Å². The highest BCUT2D eigenvalue weighted by molar-refractivity contribution is 4.65. The Balaban J connectivity index is -0.00000109. The first-order valence-corrected chi connectivity index (χ1v) is 22.7. The summed E-state index contributed by atoms with van der Waals surface area (Å²) in [7, 11) is 4.00. The van der Waals surface area contributed by atoms with Gasteiger partial charge >= 0.3 is 0 Å². The third-order valence-corrected chi connectivity index (χ3v) is 9.38. The fourth-order valence-electron chi connectivity index (χ4n) is 6.10. The predicted molar refractivity (Wildman–Crippen MR) is 233 cm³/mol. The maximum Gasteiger partial charge on any atom is 0.0455 e. The molecule has 0 aromatic carbocycles. The van der Waals surface area contributed by atoms with Crippen LogP contribution in [-0.2, 0) is 4.94 Å². The van der Waals surface area contributed by atoms with E-state index >= 15 is 0 Å². The molecule has 2 N–H and O–H groups in total. The number of allylic oxidation sites excluding steroid dienone is 2. The van der Waals surface area contributed by atoms with Crippen molar-refractivity contribution >= 4 is 0 Å². The lowest BCUT2D eigenvalue weighted by Crippen LogP contribution is -2.35. The Kier molecular flexibility index (Phi) is 55.0. The molecule has 0 radical (unpaired) electrons. The minimum atomic E-state index is 0.714. The van der Waals surface area contributed by atoms with Gasteiger partial charge in [0.2, 0.25) is 0 Å². The zero-order valence-corrected chi connectivity index (χ0v) is 36.5. The summed E-state index contributed by atoms with van der Waals surface area (Å²) in [6, 6.07) is 0. The molecule has 1 heterocycles. The van der Waals surface area contributed by atoms with Crippen LogP contribution in [0.15, 0.2) is 25.3 Å². The zero-order chi connectivity index (χ0) is 38.3. The molecule has 1 unspecified atom stereocenters. The van der Waals surface area contributed by atoms with Gasteiger partial charge in [0.1, 0.15) is 0 Å². The van der Waals surface area contributed by atoms with Crippen LogP contribution in [0.3, 0.4) is 0 Å². The quantitative estimate of drug-likeness (QED) is 0.0393. The molecule has 0 aromatic heterocycles. The lowest BCUT2D eigenvalue weighted by Gasteiger charge is -2.27. The second-order valence-electron chi connectivity index (χ2n) is 15.3. The Morgan fingerprint density at radius 1 is 0.549 bits per heavy atom. The van der Waals surface area contributed by atoms with E-state index in [4.69, 9.17) is 4.94 Å². The minimum Gasteiger partial charge on any atom is -0.303 e. The topological polar surface area (TPSA) is 39.8 Å². The van der Waals surface area contributed by atoms with Crippen molar-refractivity contribution in [1.82, 2.24) is 20.8 Å². The predicted octanol–water partition coefficient (Wildman–Crippen LogP) is 14.2. The van der Waals surface area contributed by atoms with Crippen LogP contribution in [0.25, 0.3) is 0 Å². The SMILES string of the molecule is C1CNCN1.C=CCC.C=CCCCCCC.CCCCCCCCCCCCCCN(CC(C)CCCCCCCCCCCC)ON(C)C. The van der Waals surface area contributed by atoms with Gasteiger partial charge in [-0.15, -0.1) is 13.2 Å². The molecule has 51 heavy (non-hydrogen) atoms. The molecule has 0 saturated carbocycles. The van der Waals surface area contributed by atoms with E-state index in [1.807, 2.05) is 31.3 Å². The molecule has 5 heteroatoms. The Hall–Kier alpha value is -0.720. The normalized spacial score (nSPS) is 12.8. The Morgan fingerprint density at radius 2 is 0.922 bits per heavy atom. The lowest BCUT2D eigenvalue weighted by atomic mass is 10.0. The van der Waals surface area contributed by atoms with Gasteiger partial charge in [-0.2, -0.15) is 10.1 Å². The average Bonchev–Trinajstić information content (AvgIpc) is 3.72. The second kappa shape index (κ2) is 51.4. The van der Waals surface area contributed by atoms with E-state index in [2.05, 4.69) is 63.5 Å². The molecule has 0 spiro atoms. The lowest BCUT2D eigenvalue weighted by molar-refractivity contribution is -0.308. The Bertz CT molecular complexity index is 602. The molecule has 1 atom stereocenters. The van der Waals surface area contributed by atoms with Gasteiger partial charge in [0.05, 0.1) is 0 Å². The highest BCUT2D eigenvalue weighted by Gasteiger charge is 2.12. The summed E-state index contributed by atoms with van der Waals surface area (Å²) in [5, 5.41) is 10.3. The maximum absolute atomic E-state index is 5.99. The van der Waals surface area contributed by atoms with Gasteiger partial charge in [0.25, 0.3) is 0 Å². The summed E-state index contributed by atoms with van der Waals surface area (Å²) in [6.07, 6.45) is 44.0. The van der Waals surface area contributed by atoms with Gasteiger partial charge in [0.15, 0.2) is 0 Å². The fraction of sp³-hybridized carbons (Fsp3) is 0.913. The van der Waals surface area contributed by atoms with Crippen LogP contribution < -0.4 is 10.6 Å². The number of hydrogen-bond donors (Lipinski definition) is 2. The average molecular weight is 723 g/mol. The van der Waals surface area contributed by atoms with E-state index in [1.54, 1.807) is 0 Å². The van der Waals surface area contributed by atoms with Gasteiger partial charge < -0.3 is 10.6 Å². The number of unbranched alkanes of at least 4 members (excludes halogenated alkanes) is 24. The molecule has 1 fully saturated rings. The van der Waals surface area contributed by atoms with E-state index < -0.39 is 0 Å². The van der Waals surface area contributed by atoms with Crippen LogP contribution in [0.1, 0.15) is 221 Å². The van der Waals surface area contributed by atoms with Crippen molar-refractivity contribution in [3.05, 3.63) is 25.3 Å². The van der Waals surface area contributed by atoms with Crippen LogP contribution in [0.2, 0.25) is 0 Å². The van der Waals surface area contributed by atoms with E-state index in [1.165, 1.54) is 180 Å². The van der Waals surface area contributed by atoms with Crippen LogP contribution in [0.5, 0.6) is 0 Å². The molecule has 1 aliphatic heterocycles. The first kappa shape index (κ1) is 54.6. The third-order valence-electron chi connectivity index (χ3n) is 9.38. The largest absolute Gasteiger partial charge is 0.303 e. The van der Waals surface area contributed by atoms with Crippen molar-refractivity contribution in [1.29, 1.82) is 0 Å². The van der Waals surface area contributed by atoms with Crippen LogP contribution in [0.4, 0.5) is 0 Å². The fourth-order valence-corrected chi connectivity index (χ4v) is 6.10. The summed E-state index contributed by atoms with van der Waals surface area (Å²) in [6.45, 7) is 23.8. The van der Waals surface area contributed by atoms with E-state index in [9.17, 15) is 0 Å². The smallest absolute Gasteiger partial charge is 0.0455 e. The molecular formula is C46H98N4O. The van der Waals surface area contributed by atoms with Gasteiger partial charge in [0, 0.05) is 46.9 Å². The van der Waals surface area contributed by atoms with E-state index in [0.29, 0.717) is 5.92 Å². The molecule has 0 aromatic rings. The van der Waals surface area contributed by atoms with Gasteiger partial charge in [-0.1, -0.05) is 201 Å². The minimum absolute atomic E-state index is 0.714. The summed E-state index contributed by atoms with van der Waals surface area (Å²) < 4.78 is 0. The van der Waals surface area contributed by atoms with Gasteiger partial charge in [-0.25, -0.2) is 4.94 Å². The third kappa shape index (κ3) is 56.2. The second-order valence-corrected chi connectivity index (χ2v) is 15.3. The first-order valence-electron chi connectivity index (χ1n) is 22.7. The molecular weight excluding hydrogens is 625 g/mol. The van der Waals surface area contributed by atoms with Crippen molar-refractivity contribution in [3.8, 4) is 0 Å². The monoisotopic (exact) mass is 723 g/mol. The van der Waals surface area contributed by atoms with Crippen molar-refractivity contribution in [2.75, 3.05) is 46.9 Å². The van der Waals surface area contributed by atoms with Gasteiger partial charge in [-0.05, 0) is 38.0 Å². The van der Waals surface area contributed by atoms with Crippen molar-refractivity contribution in [2.24, 2.45) is 5.92 Å². The summed E-state index contributed by atoms with van der Waals surface area (Å²) in [5.41, 5.74) is 0. The molecule has 0 amide bonds.